The highest BCUT2D eigenvalue weighted by Crippen LogP contribution is 2.14. The van der Waals surface area contributed by atoms with Gasteiger partial charge in [-0.1, -0.05) is 0 Å². The molecule has 116 valence electrons. The number of methoxy groups -OCH3 is 1. The van der Waals surface area contributed by atoms with Gasteiger partial charge in [0.1, 0.15) is 24.3 Å². The van der Waals surface area contributed by atoms with Gasteiger partial charge in [0.15, 0.2) is 5.82 Å². The molecular formula is C13H22N6O2. The maximum absolute atomic E-state index is 12.3. The van der Waals surface area contributed by atoms with Crippen LogP contribution in [0.1, 0.15) is 25.6 Å². The van der Waals surface area contributed by atoms with Crippen molar-refractivity contribution in [1.82, 2.24) is 14.9 Å². The van der Waals surface area contributed by atoms with Gasteiger partial charge in [0.25, 0.3) is 0 Å². The Hall–Kier alpha value is -1.93. The SMILES string of the molecule is COCc1nc(NN)cc(NC(C)C(=O)N2CCCC2)n1. The van der Waals surface area contributed by atoms with E-state index in [1.807, 2.05) is 11.8 Å². The number of hydrogen-bond acceptors (Lipinski definition) is 7. The first-order valence-electron chi connectivity index (χ1n) is 7.03. The summed E-state index contributed by atoms with van der Waals surface area (Å²) in [6.45, 7) is 3.77. The van der Waals surface area contributed by atoms with Crippen LogP contribution in [0.25, 0.3) is 0 Å². The molecule has 1 fully saturated rings. The molecule has 0 aliphatic carbocycles. The summed E-state index contributed by atoms with van der Waals surface area (Å²) in [5.41, 5.74) is 2.48. The third kappa shape index (κ3) is 4.02. The predicted octanol–water partition coefficient (Wildman–Crippen LogP) is 0.331. The Morgan fingerprint density at radius 3 is 2.71 bits per heavy atom. The lowest BCUT2D eigenvalue weighted by molar-refractivity contribution is -0.130. The minimum Gasteiger partial charge on any atom is -0.377 e. The molecule has 1 aromatic heterocycles. The maximum Gasteiger partial charge on any atom is 0.244 e. The molecule has 1 unspecified atom stereocenters. The minimum absolute atomic E-state index is 0.0849. The summed E-state index contributed by atoms with van der Waals surface area (Å²) in [4.78, 5) is 22.6. The van der Waals surface area contributed by atoms with Crippen molar-refractivity contribution in [3.8, 4) is 0 Å². The van der Waals surface area contributed by atoms with Crippen molar-refractivity contribution in [3.05, 3.63) is 11.9 Å². The van der Waals surface area contributed by atoms with Crippen LogP contribution in [0.2, 0.25) is 0 Å². The van der Waals surface area contributed by atoms with Crippen molar-refractivity contribution < 1.29 is 9.53 Å². The molecule has 1 aliphatic rings. The minimum atomic E-state index is -0.348. The molecule has 0 spiro atoms. The first-order chi connectivity index (χ1) is 10.1. The molecule has 0 radical (unpaired) electrons. The van der Waals surface area contributed by atoms with E-state index in [9.17, 15) is 4.79 Å². The average Bonchev–Trinajstić information content (AvgIpc) is 3.00. The van der Waals surface area contributed by atoms with Gasteiger partial charge in [0, 0.05) is 26.3 Å². The van der Waals surface area contributed by atoms with Crippen LogP contribution in [0, 0.1) is 0 Å². The first-order valence-corrected chi connectivity index (χ1v) is 7.03. The van der Waals surface area contributed by atoms with E-state index in [0.717, 1.165) is 25.9 Å². The lowest BCUT2D eigenvalue weighted by atomic mass is 10.3. The first kappa shape index (κ1) is 15.5. The molecule has 21 heavy (non-hydrogen) atoms. The molecule has 0 aromatic carbocycles. The monoisotopic (exact) mass is 294 g/mol. The number of aromatic nitrogens is 2. The molecule has 0 saturated carbocycles. The van der Waals surface area contributed by atoms with Crippen molar-refractivity contribution in [2.75, 3.05) is 30.9 Å². The second-order valence-electron chi connectivity index (χ2n) is 5.03. The second-order valence-corrected chi connectivity index (χ2v) is 5.03. The molecule has 1 aromatic rings. The zero-order valence-corrected chi connectivity index (χ0v) is 12.4. The molecule has 8 heteroatoms. The summed E-state index contributed by atoms with van der Waals surface area (Å²) in [5.74, 6) is 6.99. The highest BCUT2D eigenvalue weighted by Gasteiger charge is 2.23. The van der Waals surface area contributed by atoms with Crippen LogP contribution in [0.4, 0.5) is 11.6 Å². The number of nitrogen functional groups attached to an aromatic ring is 1. The van der Waals surface area contributed by atoms with Gasteiger partial charge in [-0.25, -0.2) is 15.8 Å². The third-order valence-corrected chi connectivity index (χ3v) is 3.35. The molecule has 1 amide bonds. The number of amides is 1. The van der Waals surface area contributed by atoms with E-state index in [1.165, 1.54) is 0 Å². The van der Waals surface area contributed by atoms with Gasteiger partial charge in [-0.05, 0) is 19.8 Å². The largest absolute Gasteiger partial charge is 0.377 e. The number of rotatable bonds is 6. The van der Waals surface area contributed by atoms with E-state index in [1.54, 1.807) is 13.2 Å². The molecular weight excluding hydrogens is 272 g/mol. The van der Waals surface area contributed by atoms with Crippen molar-refractivity contribution in [3.63, 3.8) is 0 Å². The van der Waals surface area contributed by atoms with E-state index < -0.39 is 0 Å². The Bertz CT molecular complexity index is 490. The van der Waals surface area contributed by atoms with Gasteiger partial charge < -0.3 is 20.4 Å². The molecule has 8 nitrogen and oxygen atoms in total. The number of ether oxygens (including phenoxy) is 1. The Labute approximate surface area is 124 Å². The summed E-state index contributed by atoms with van der Waals surface area (Å²) >= 11 is 0. The number of likely N-dealkylation sites (tertiary alicyclic amines) is 1. The Balaban J connectivity index is 2.06. The lowest BCUT2D eigenvalue weighted by Gasteiger charge is -2.21. The Morgan fingerprint density at radius 2 is 2.10 bits per heavy atom. The van der Waals surface area contributed by atoms with Crippen LogP contribution in [-0.2, 0) is 16.1 Å². The van der Waals surface area contributed by atoms with Crippen LogP contribution in [0.5, 0.6) is 0 Å². The van der Waals surface area contributed by atoms with Crippen LogP contribution in [0.3, 0.4) is 0 Å². The summed E-state index contributed by atoms with van der Waals surface area (Å²) < 4.78 is 5.02. The molecule has 1 aliphatic heterocycles. The molecule has 1 saturated heterocycles. The highest BCUT2D eigenvalue weighted by molar-refractivity contribution is 5.84. The Morgan fingerprint density at radius 1 is 1.43 bits per heavy atom. The summed E-state index contributed by atoms with van der Waals surface area (Å²) in [6.07, 6.45) is 2.15. The van der Waals surface area contributed by atoms with Crippen LogP contribution >= 0.6 is 0 Å². The number of hydrazine groups is 1. The van der Waals surface area contributed by atoms with Crippen LogP contribution < -0.4 is 16.6 Å². The number of anilines is 2. The number of nitrogens with two attached hydrogens (primary N) is 1. The zero-order chi connectivity index (χ0) is 15.2. The van der Waals surface area contributed by atoms with Crippen molar-refractivity contribution in [1.29, 1.82) is 0 Å². The van der Waals surface area contributed by atoms with Crippen LogP contribution in [-0.4, -0.2) is 47.0 Å². The zero-order valence-electron chi connectivity index (χ0n) is 12.4. The second kappa shape index (κ2) is 7.19. The summed E-state index contributed by atoms with van der Waals surface area (Å²) in [5, 5.41) is 3.10. The fraction of sp³-hybridized carbons (Fsp3) is 0.615. The summed E-state index contributed by atoms with van der Waals surface area (Å²) in [6, 6.07) is 1.31. The average molecular weight is 294 g/mol. The van der Waals surface area contributed by atoms with E-state index in [4.69, 9.17) is 10.6 Å². The molecule has 2 heterocycles. The van der Waals surface area contributed by atoms with Gasteiger partial charge in [-0.3, -0.25) is 4.79 Å². The quantitative estimate of drug-likeness (QED) is 0.513. The fourth-order valence-corrected chi connectivity index (χ4v) is 2.33. The predicted molar refractivity (Wildman–Crippen MR) is 79.5 cm³/mol. The maximum atomic E-state index is 12.3. The highest BCUT2D eigenvalue weighted by atomic mass is 16.5. The van der Waals surface area contributed by atoms with Gasteiger partial charge in [-0.15, -0.1) is 0 Å². The number of hydrogen-bond donors (Lipinski definition) is 3. The topological polar surface area (TPSA) is 105 Å². The standard InChI is InChI=1S/C13H22N6O2/c1-9(13(20)19-5-3-4-6-19)15-10-7-11(18-14)17-12(16-10)8-21-2/h7,9H,3-6,8,14H2,1-2H3,(H2,15,16,17,18). The van der Waals surface area contributed by atoms with Gasteiger partial charge in [-0.2, -0.15) is 0 Å². The molecule has 0 bridgehead atoms. The smallest absolute Gasteiger partial charge is 0.244 e. The van der Waals surface area contributed by atoms with E-state index in [2.05, 4.69) is 20.7 Å². The van der Waals surface area contributed by atoms with Gasteiger partial charge >= 0.3 is 0 Å². The lowest BCUT2D eigenvalue weighted by Crippen LogP contribution is -2.39. The molecule has 2 rings (SSSR count). The number of carbonyl (C=O) groups excluding carboxylic acids is 1. The number of carbonyl (C=O) groups is 1. The number of nitrogens with zero attached hydrogens (tertiary/aromatic N) is 3. The van der Waals surface area contributed by atoms with E-state index in [0.29, 0.717) is 17.5 Å². The van der Waals surface area contributed by atoms with Gasteiger partial charge in [0.05, 0.1) is 0 Å². The van der Waals surface area contributed by atoms with Crippen LogP contribution in [0.15, 0.2) is 6.07 Å². The molecule has 1 atom stereocenters. The van der Waals surface area contributed by atoms with Crippen molar-refractivity contribution >= 4 is 17.5 Å². The normalized spacial score (nSPS) is 15.9. The van der Waals surface area contributed by atoms with Crippen molar-refractivity contribution in [2.45, 2.75) is 32.4 Å². The summed E-state index contributed by atoms with van der Waals surface area (Å²) in [7, 11) is 1.57. The molecule has 4 N–H and O–H groups in total. The number of nitrogens with one attached hydrogen (secondary N) is 2. The van der Waals surface area contributed by atoms with E-state index in [-0.39, 0.29) is 18.6 Å². The Kier molecular flexibility index (Phi) is 5.29. The van der Waals surface area contributed by atoms with Crippen molar-refractivity contribution in [2.24, 2.45) is 5.84 Å². The third-order valence-electron chi connectivity index (χ3n) is 3.35. The fourth-order valence-electron chi connectivity index (χ4n) is 2.33. The van der Waals surface area contributed by atoms with E-state index >= 15 is 0 Å². The van der Waals surface area contributed by atoms with Gasteiger partial charge in [0.2, 0.25) is 5.91 Å².